The summed E-state index contributed by atoms with van der Waals surface area (Å²) in [6.45, 7) is 2.05. The molecule has 0 amide bonds. The first-order valence-electron chi connectivity index (χ1n) is 3.75. The molecule has 3 heteroatoms. The Balaban J connectivity index is 2.90. The van der Waals surface area contributed by atoms with E-state index in [1.165, 1.54) is 10.9 Å². The highest BCUT2D eigenvalue weighted by Crippen LogP contribution is 2.24. The van der Waals surface area contributed by atoms with Crippen LogP contribution in [-0.2, 0) is 7.05 Å². The molecule has 2 aromatic rings. The van der Waals surface area contributed by atoms with Crippen LogP contribution in [-0.4, -0.2) is 9.55 Å². The van der Waals surface area contributed by atoms with Gasteiger partial charge in [0.2, 0.25) is 0 Å². The summed E-state index contributed by atoms with van der Waals surface area (Å²) in [5.41, 5.74) is 2.21. The minimum absolute atomic E-state index is 1.02. The van der Waals surface area contributed by atoms with Crippen LogP contribution < -0.4 is 0 Å². The molecule has 0 saturated carbocycles. The van der Waals surface area contributed by atoms with Gasteiger partial charge < -0.3 is 4.57 Å². The first kappa shape index (κ1) is 7.80. The molecule has 0 saturated heterocycles. The third kappa shape index (κ3) is 1.05. The Hall–Kier alpha value is -0.830. The lowest BCUT2D eigenvalue weighted by atomic mass is 10.2. The van der Waals surface area contributed by atoms with Gasteiger partial charge in [-0.05, 0) is 34.5 Å². The first-order chi connectivity index (χ1) is 5.68. The van der Waals surface area contributed by atoms with Crippen molar-refractivity contribution in [3.8, 4) is 0 Å². The summed E-state index contributed by atoms with van der Waals surface area (Å²) < 4.78 is 3.12. The maximum absolute atomic E-state index is 4.33. The topological polar surface area (TPSA) is 17.8 Å². The molecule has 62 valence electrons. The Morgan fingerprint density at radius 2 is 2.25 bits per heavy atom. The molecule has 0 aromatic carbocycles. The van der Waals surface area contributed by atoms with Crippen molar-refractivity contribution in [3.05, 3.63) is 28.5 Å². The van der Waals surface area contributed by atoms with E-state index in [2.05, 4.69) is 27.0 Å². The Labute approximate surface area is 79.3 Å². The molecule has 0 atom stereocenters. The highest BCUT2D eigenvalue weighted by molar-refractivity contribution is 9.10. The number of halogens is 1. The SMILES string of the molecule is Cc1cnc2c(c1)c(Br)cn2C. The Kier molecular flexibility index (Phi) is 1.68. The van der Waals surface area contributed by atoms with E-state index in [1.54, 1.807) is 0 Å². The van der Waals surface area contributed by atoms with Gasteiger partial charge in [-0.3, -0.25) is 0 Å². The van der Waals surface area contributed by atoms with E-state index in [4.69, 9.17) is 0 Å². The highest BCUT2D eigenvalue weighted by atomic mass is 79.9. The smallest absolute Gasteiger partial charge is 0.140 e. The molecule has 0 radical (unpaired) electrons. The fourth-order valence-electron chi connectivity index (χ4n) is 1.32. The van der Waals surface area contributed by atoms with Crippen LogP contribution in [0, 0.1) is 6.92 Å². The van der Waals surface area contributed by atoms with Gasteiger partial charge in [0.1, 0.15) is 5.65 Å². The predicted molar refractivity (Wildman–Crippen MR) is 53.2 cm³/mol. The minimum Gasteiger partial charge on any atom is -0.334 e. The highest BCUT2D eigenvalue weighted by Gasteiger charge is 2.04. The molecule has 2 heterocycles. The molecule has 2 aromatic heterocycles. The van der Waals surface area contributed by atoms with E-state index in [-0.39, 0.29) is 0 Å². The van der Waals surface area contributed by atoms with Gasteiger partial charge in [0, 0.05) is 29.3 Å². The molecular formula is C9H9BrN2. The second kappa shape index (κ2) is 2.59. The van der Waals surface area contributed by atoms with Gasteiger partial charge in [0.25, 0.3) is 0 Å². The van der Waals surface area contributed by atoms with Crippen molar-refractivity contribution in [2.45, 2.75) is 6.92 Å². The average molecular weight is 225 g/mol. The number of aromatic nitrogens is 2. The van der Waals surface area contributed by atoms with Crippen molar-refractivity contribution >= 4 is 27.0 Å². The fourth-order valence-corrected chi connectivity index (χ4v) is 1.92. The van der Waals surface area contributed by atoms with Gasteiger partial charge in [-0.15, -0.1) is 0 Å². The number of rotatable bonds is 0. The summed E-state index contributed by atoms with van der Waals surface area (Å²) >= 11 is 3.49. The van der Waals surface area contributed by atoms with Crippen LogP contribution in [0.2, 0.25) is 0 Å². The summed E-state index contributed by atoms with van der Waals surface area (Å²) in [7, 11) is 2.00. The van der Waals surface area contributed by atoms with E-state index in [9.17, 15) is 0 Å². The van der Waals surface area contributed by atoms with Crippen LogP contribution in [0.25, 0.3) is 11.0 Å². The van der Waals surface area contributed by atoms with Crippen LogP contribution in [0.15, 0.2) is 22.9 Å². The standard InChI is InChI=1S/C9H9BrN2/c1-6-3-7-8(10)5-12(2)9(7)11-4-6/h3-5H,1-2H3. The zero-order valence-electron chi connectivity index (χ0n) is 7.00. The maximum Gasteiger partial charge on any atom is 0.140 e. The van der Waals surface area contributed by atoms with E-state index >= 15 is 0 Å². The van der Waals surface area contributed by atoms with Crippen LogP contribution in [0.4, 0.5) is 0 Å². The number of aryl methyl sites for hydroxylation is 2. The molecule has 0 aliphatic heterocycles. The Bertz CT molecular complexity index is 431. The molecule has 0 aliphatic rings. The van der Waals surface area contributed by atoms with Gasteiger partial charge >= 0.3 is 0 Å². The van der Waals surface area contributed by atoms with Crippen LogP contribution in [0.3, 0.4) is 0 Å². The second-order valence-corrected chi connectivity index (χ2v) is 3.83. The summed E-state index contributed by atoms with van der Waals surface area (Å²) in [5.74, 6) is 0. The zero-order chi connectivity index (χ0) is 8.72. The summed E-state index contributed by atoms with van der Waals surface area (Å²) in [4.78, 5) is 4.33. The third-order valence-electron chi connectivity index (χ3n) is 1.90. The normalized spacial score (nSPS) is 10.9. The lowest BCUT2D eigenvalue weighted by Crippen LogP contribution is -1.87. The molecule has 0 spiro atoms. The van der Waals surface area contributed by atoms with E-state index in [1.807, 2.05) is 30.9 Å². The van der Waals surface area contributed by atoms with Gasteiger partial charge in [-0.1, -0.05) is 0 Å². The first-order valence-corrected chi connectivity index (χ1v) is 4.55. The third-order valence-corrected chi connectivity index (χ3v) is 2.53. The lowest BCUT2D eigenvalue weighted by Gasteiger charge is -1.94. The van der Waals surface area contributed by atoms with Gasteiger partial charge in [-0.2, -0.15) is 0 Å². The monoisotopic (exact) mass is 224 g/mol. The molecule has 0 N–H and O–H groups in total. The van der Waals surface area contributed by atoms with Crippen molar-refractivity contribution in [3.63, 3.8) is 0 Å². The van der Waals surface area contributed by atoms with Gasteiger partial charge in [-0.25, -0.2) is 4.98 Å². The van der Waals surface area contributed by atoms with Crippen molar-refractivity contribution in [1.29, 1.82) is 0 Å². The largest absolute Gasteiger partial charge is 0.334 e. The summed E-state index contributed by atoms with van der Waals surface area (Å²) in [6.07, 6.45) is 3.91. The van der Waals surface area contributed by atoms with Gasteiger partial charge in [0.15, 0.2) is 0 Å². The molecule has 0 fully saturated rings. The molecule has 0 aliphatic carbocycles. The number of nitrogens with zero attached hydrogens (tertiary/aromatic N) is 2. The van der Waals surface area contributed by atoms with Gasteiger partial charge in [0.05, 0.1) is 0 Å². The number of fused-ring (bicyclic) bond motifs is 1. The van der Waals surface area contributed by atoms with E-state index < -0.39 is 0 Å². The van der Waals surface area contributed by atoms with Crippen LogP contribution in [0.1, 0.15) is 5.56 Å². The minimum atomic E-state index is 1.02. The predicted octanol–water partition coefficient (Wildman–Crippen LogP) is 2.64. The van der Waals surface area contributed by atoms with Crippen LogP contribution >= 0.6 is 15.9 Å². The van der Waals surface area contributed by atoms with Crippen molar-refractivity contribution in [1.82, 2.24) is 9.55 Å². The quantitative estimate of drug-likeness (QED) is 0.673. The lowest BCUT2D eigenvalue weighted by molar-refractivity contribution is 0.945. The molecule has 2 nitrogen and oxygen atoms in total. The summed E-state index contributed by atoms with van der Waals surface area (Å²) in [6, 6.07) is 2.13. The Morgan fingerprint density at radius 1 is 1.50 bits per heavy atom. The molecule has 2 rings (SSSR count). The molecule has 0 bridgehead atoms. The second-order valence-electron chi connectivity index (χ2n) is 2.97. The van der Waals surface area contributed by atoms with E-state index in [0.29, 0.717) is 0 Å². The molecule has 12 heavy (non-hydrogen) atoms. The maximum atomic E-state index is 4.33. The van der Waals surface area contributed by atoms with Crippen molar-refractivity contribution in [2.75, 3.05) is 0 Å². The number of pyridine rings is 1. The molecule has 0 unspecified atom stereocenters. The average Bonchev–Trinajstić information content (AvgIpc) is 2.28. The van der Waals surface area contributed by atoms with E-state index in [0.717, 1.165) is 10.1 Å². The van der Waals surface area contributed by atoms with Crippen molar-refractivity contribution < 1.29 is 0 Å². The fraction of sp³-hybridized carbons (Fsp3) is 0.222. The summed E-state index contributed by atoms with van der Waals surface area (Å²) in [5, 5.41) is 1.18. The Morgan fingerprint density at radius 3 is 3.00 bits per heavy atom. The number of hydrogen-bond donors (Lipinski definition) is 0. The van der Waals surface area contributed by atoms with Crippen LogP contribution in [0.5, 0.6) is 0 Å². The molecular weight excluding hydrogens is 216 g/mol. The van der Waals surface area contributed by atoms with Crippen molar-refractivity contribution in [2.24, 2.45) is 7.05 Å². The number of hydrogen-bond acceptors (Lipinski definition) is 1. The zero-order valence-corrected chi connectivity index (χ0v) is 8.59.